The maximum absolute atomic E-state index is 11.8. The molecule has 0 atom stereocenters. The van der Waals surface area contributed by atoms with E-state index in [1.54, 1.807) is 11.9 Å². The first-order valence-corrected chi connectivity index (χ1v) is 6.20. The monoisotopic (exact) mass is 259 g/mol. The number of carbonyl (C=O) groups is 1. The molecule has 1 heterocycles. The smallest absolute Gasteiger partial charge is 0.247 e. The van der Waals surface area contributed by atoms with Crippen molar-refractivity contribution in [1.82, 2.24) is 15.1 Å². The van der Waals surface area contributed by atoms with Gasteiger partial charge in [-0.25, -0.2) is 0 Å². The first kappa shape index (κ1) is 13.3. The lowest BCUT2D eigenvalue weighted by molar-refractivity contribution is -0.133. The maximum atomic E-state index is 11.8. The van der Waals surface area contributed by atoms with Crippen molar-refractivity contribution in [2.45, 2.75) is 20.4 Å². The van der Waals surface area contributed by atoms with E-state index in [9.17, 15) is 4.79 Å². The van der Waals surface area contributed by atoms with E-state index in [4.69, 9.17) is 4.42 Å². The summed E-state index contributed by atoms with van der Waals surface area (Å²) in [5.41, 5.74) is 0.874. The lowest BCUT2D eigenvalue weighted by atomic mass is 10.2. The van der Waals surface area contributed by atoms with Crippen LogP contribution in [0.15, 0.2) is 34.7 Å². The van der Waals surface area contributed by atoms with Crippen LogP contribution in [0.1, 0.15) is 19.7 Å². The molecule has 1 aromatic heterocycles. The molecule has 0 aliphatic rings. The summed E-state index contributed by atoms with van der Waals surface area (Å²) in [6.45, 7) is 4.06. The highest BCUT2D eigenvalue weighted by Crippen LogP contribution is 2.17. The number of hydrogen-bond donors (Lipinski definition) is 0. The van der Waals surface area contributed by atoms with E-state index in [1.807, 2.05) is 44.2 Å². The fraction of sp³-hybridized carbons (Fsp3) is 0.357. The van der Waals surface area contributed by atoms with E-state index in [0.717, 1.165) is 5.56 Å². The first-order chi connectivity index (χ1) is 9.08. The molecule has 0 unspecified atom stereocenters. The molecule has 19 heavy (non-hydrogen) atoms. The average Bonchev–Trinajstić information content (AvgIpc) is 2.87. The molecule has 1 aromatic carbocycles. The molecule has 0 aliphatic heterocycles. The molecule has 0 saturated heterocycles. The van der Waals surface area contributed by atoms with Gasteiger partial charge in [0.25, 0.3) is 0 Å². The lowest BCUT2D eigenvalue weighted by Gasteiger charge is -2.16. The molecule has 2 rings (SSSR count). The van der Waals surface area contributed by atoms with Crippen molar-refractivity contribution in [3.8, 4) is 11.5 Å². The minimum Gasteiger partial charge on any atom is -0.419 e. The van der Waals surface area contributed by atoms with Crippen LogP contribution < -0.4 is 0 Å². The van der Waals surface area contributed by atoms with E-state index >= 15 is 0 Å². The molecule has 0 fully saturated rings. The van der Waals surface area contributed by atoms with E-state index < -0.39 is 0 Å². The van der Waals surface area contributed by atoms with Crippen molar-refractivity contribution < 1.29 is 9.21 Å². The van der Waals surface area contributed by atoms with Gasteiger partial charge in [-0.1, -0.05) is 32.0 Å². The Kier molecular flexibility index (Phi) is 3.94. The van der Waals surface area contributed by atoms with Gasteiger partial charge in [0.05, 0.1) is 6.54 Å². The van der Waals surface area contributed by atoms with Gasteiger partial charge in [-0.2, -0.15) is 0 Å². The predicted octanol–water partition coefficient (Wildman–Crippen LogP) is 2.35. The van der Waals surface area contributed by atoms with Crippen LogP contribution in [0.2, 0.25) is 0 Å². The van der Waals surface area contributed by atoms with Gasteiger partial charge in [-0.15, -0.1) is 10.2 Å². The SMILES string of the molecule is CC(C)C(=O)N(C)Cc1nnc(-c2ccccc2)o1. The molecule has 5 heteroatoms. The summed E-state index contributed by atoms with van der Waals surface area (Å²) in [7, 11) is 1.73. The van der Waals surface area contributed by atoms with Crippen LogP contribution in [-0.2, 0) is 11.3 Å². The lowest BCUT2D eigenvalue weighted by Crippen LogP contribution is -2.30. The summed E-state index contributed by atoms with van der Waals surface area (Å²) in [5, 5.41) is 7.95. The zero-order valence-corrected chi connectivity index (χ0v) is 11.3. The zero-order chi connectivity index (χ0) is 13.8. The number of carbonyl (C=O) groups excluding carboxylic acids is 1. The van der Waals surface area contributed by atoms with Crippen molar-refractivity contribution >= 4 is 5.91 Å². The number of amides is 1. The average molecular weight is 259 g/mol. The van der Waals surface area contributed by atoms with Crippen LogP contribution in [0.4, 0.5) is 0 Å². The van der Waals surface area contributed by atoms with Crippen molar-refractivity contribution in [2.24, 2.45) is 5.92 Å². The second-order valence-electron chi connectivity index (χ2n) is 4.72. The standard InChI is InChI=1S/C14H17N3O2/c1-10(2)14(18)17(3)9-12-15-16-13(19-12)11-7-5-4-6-8-11/h4-8,10H,9H2,1-3H3. The van der Waals surface area contributed by atoms with Gasteiger partial charge in [0.15, 0.2) is 0 Å². The van der Waals surface area contributed by atoms with Crippen LogP contribution in [0.5, 0.6) is 0 Å². The third-order valence-electron chi connectivity index (χ3n) is 2.73. The van der Waals surface area contributed by atoms with Crippen molar-refractivity contribution in [1.29, 1.82) is 0 Å². The van der Waals surface area contributed by atoms with Crippen molar-refractivity contribution in [3.63, 3.8) is 0 Å². The molecule has 0 N–H and O–H groups in total. The summed E-state index contributed by atoms with van der Waals surface area (Å²) in [6, 6.07) is 9.55. The Morgan fingerprint density at radius 1 is 1.26 bits per heavy atom. The highest BCUT2D eigenvalue weighted by atomic mass is 16.4. The largest absolute Gasteiger partial charge is 0.419 e. The zero-order valence-electron chi connectivity index (χ0n) is 11.3. The molecule has 1 amide bonds. The number of aromatic nitrogens is 2. The maximum Gasteiger partial charge on any atom is 0.247 e. The fourth-order valence-corrected chi connectivity index (χ4v) is 1.74. The summed E-state index contributed by atoms with van der Waals surface area (Å²) in [6.07, 6.45) is 0. The minimum atomic E-state index is -0.0403. The van der Waals surface area contributed by atoms with E-state index in [0.29, 0.717) is 18.3 Å². The van der Waals surface area contributed by atoms with Crippen molar-refractivity contribution in [3.05, 3.63) is 36.2 Å². The van der Waals surface area contributed by atoms with Gasteiger partial charge in [0.2, 0.25) is 17.7 Å². The highest BCUT2D eigenvalue weighted by molar-refractivity contribution is 5.77. The molecular weight excluding hydrogens is 242 g/mol. The number of nitrogens with zero attached hydrogens (tertiary/aromatic N) is 3. The van der Waals surface area contributed by atoms with Gasteiger partial charge in [0, 0.05) is 18.5 Å². The van der Waals surface area contributed by atoms with Gasteiger partial charge in [-0.05, 0) is 12.1 Å². The van der Waals surface area contributed by atoms with Crippen molar-refractivity contribution in [2.75, 3.05) is 7.05 Å². The Morgan fingerprint density at radius 3 is 2.58 bits per heavy atom. The third kappa shape index (κ3) is 3.19. The molecule has 5 nitrogen and oxygen atoms in total. The molecule has 2 aromatic rings. The minimum absolute atomic E-state index is 0.0403. The van der Waals surface area contributed by atoms with Crippen LogP contribution in [-0.4, -0.2) is 28.1 Å². The summed E-state index contributed by atoms with van der Waals surface area (Å²) in [5.74, 6) is 0.928. The summed E-state index contributed by atoms with van der Waals surface area (Å²) < 4.78 is 5.55. The highest BCUT2D eigenvalue weighted by Gasteiger charge is 2.16. The number of rotatable bonds is 4. The Hall–Kier alpha value is -2.17. The van der Waals surface area contributed by atoms with Gasteiger partial charge < -0.3 is 9.32 Å². The normalized spacial score (nSPS) is 10.7. The van der Waals surface area contributed by atoms with E-state index in [-0.39, 0.29) is 11.8 Å². The third-order valence-corrected chi connectivity index (χ3v) is 2.73. The predicted molar refractivity (Wildman–Crippen MR) is 71.0 cm³/mol. The molecule has 0 radical (unpaired) electrons. The quantitative estimate of drug-likeness (QED) is 0.845. The molecule has 0 aliphatic carbocycles. The Labute approximate surface area is 112 Å². The number of benzene rings is 1. The van der Waals surface area contributed by atoms with Crippen LogP contribution in [0, 0.1) is 5.92 Å². The Morgan fingerprint density at radius 2 is 1.95 bits per heavy atom. The Bertz CT molecular complexity index is 549. The molecule has 0 bridgehead atoms. The van der Waals surface area contributed by atoms with Gasteiger partial charge >= 0.3 is 0 Å². The molecule has 0 saturated carbocycles. The fourth-order valence-electron chi connectivity index (χ4n) is 1.74. The molecule has 0 spiro atoms. The second kappa shape index (κ2) is 5.65. The molecular formula is C14H17N3O2. The van der Waals surface area contributed by atoms with Crippen LogP contribution in [0.25, 0.3) is 11.5 Å². The Balaban J connectivity index is 2.08. The number of hydrogen-bond acceptors (Lipinski definition) is 4. The van der Waals surface area contributed by atoms with Crippen LogP contribution in [0.3, 0.4) is 0 Å². The summed E-state index contributed by atoms with van der Waals surface area (Å²) in [4.78, 5) is 13.4. The van der Waals surface area contributed by atoms with Gasteiger partial charge in [0.1, 0.15) is 0 Å². The summed E-state index contributed by atoms with van der Waals surface area (Å²) >= 11 is 0. The topological polar surface area (TPSA) is 59.2 Å². The first-order valence-electron chi connectivity index (χ1n) is 6.20. The van der Waals surface area contributed by atoms with E-state index in [1.165, 1.54) is 0 Å². The second-order valence-corrected chi connectivity index (χ2v) is 4.72. The molecule has 100 valence electrons. The van der Waals surface area contributed by atoms with E-state index in [2.05, 4.69) is 10.2 Å². The van der Waals surface area contributed by atoms with Crippen LogP contribution >= 0.6 is 0 Å². The van der Waals surface area contributed by atoms with Gasteiger partial charge in [-0.3, -0.25) is 4.79 Å².